The van der Waals surface area contributed by atoms with Crippen molar-refractivity contribution in [2.24, 2.45) is 0 Å². The molecule has 1 heterocycles. The number of para-hydroxylation sites is 2. The Bertz CT molecular complexity index is 1190. The molecule has 1 N–H and O–H groups in total. The van der Waals surface area contributed by atoms with E-state index in [1.165, 1.54) is 0 Å². The van der Waals surface area contributed by atoms with Crippen molar-refractivity contribution in [3.8, 4) is 11.4 Å². The molecule has 4 nitrogen and oxygen atoms in total. The zero-order valence-corrected chi connectivity index (χ0v) is 17.6. The maximum absolute atomic E-state index is 12.7. The number of carbonyl (C=O) groups excluding carboxylic acids is 1. The van der Waals surface area contributed by atoms with E-state index < -0.39 is 0 Å². The van der Waals surface area contributed by atoms with Crippen molar-refractivity contribution in [3.05, 3.63) is 81.2 Å². The van der Waals surface area contributed by atoms with E-state index in [0.29, 0.717) is 15.9 Å². The van der Waals surface area contributed by atoms with E-state index in [2.05, 4.69) is 21.2 Å². The molecule has 0 bridgehead atoms. The van der Waals surface area contributed by atoms with Gasteiger partial charge in [-0.1, -0.05) is 57.3 Å². The number of hydrogen-bond acceptors (Lipinski definition) is 2. The van der Waals surface area contributed by atoms with Crippen LogP contribution in [0.3, 0.4) is 0 Å². The molecule has 0 aliphatic rings. The predicted molar refractivity (Wildman–Crippen MR) is 118 cm³/mol. The van der Waals surface area contributed by atoms with Crippen LogP contribution >= 0.6 is 39.1 Å². The second-order valence-electron chi connectivity index (χ2n) is 6.19. The van der Waals surface area contributed by atoms with E-state index in [9.17, 15) is 4.79 Å². The summed E-state index contributed by atoms with van der Waals surface area (Å²) in [5, 5.41) is 3.94. The molecule has 0 spiro atoms. The maximum Gasteiger partial charge on any atom is 0.244 e. The number of fused-ring (bicyclic) bond motifs is 1. The average Bonchev–Trinajstić information content (AvgIpc) is 3.00. The zero-order chi connectivity index (χ0) is 19.7. The summed E-state index contributed by atoms with van der Waals surface area (Å²) in [6.45, 7) is 0.0985. The first kappa shape index (κ1) is 19.0. The van der Waals surface area contributed by atoms with Crippen molar-refractivity contribution >= 4 is 61.8 Å². The van der Waals surface area contributed by atoms with E-state index in [1.54, 1.807) is 12.1 Å². The van der Waals surface area contributed by atoms with Crippen LogP contribution in [0.1, 0.15) is 0 Å². The number of anilines is 1. The Kier molecular flexibility index (Phi) is 5.40. The molecule has 0 aliphatic carbocycles. The zero-order valence-electron chi connectivity index (χ0n) is 14.5. The summed E-state index contributed by atoms with van der Waals surface area (Å²) in [6.07, 6.45) is 0. The van der Waals surface area contributed by atoms with Crippen LogP contribution in [-0.2, 0) is 11.3 Å². The number of halogens is 3. The van der Waals surface area contributed by atoms with Crippen molar-refractivity contribution < 1.29 is 4.79 Å². The predicted octanol–water partition coefficient (Wildman–Crippen LogP) is 6.41. The highest BCUT2D eigenvalue weighted by Crippen LogP contribution is 2.32. The molecular weight excluding hydrogens is 461 g/mol. The van der Waals surface area contributed by atoms with Gasteiger partial charge in [-0.05, 0) is 48.5 Å². The van der Waals surface area contributed by atoms with E-state index in [4.69, 9.17) is 28.2 Å². The minimum atomic E-state index is -0.160. The highest BCUT2D eigenvalue weighted by atomic mass is 79.9. The summed E-state index contributed by atoms with van der Waals surface area (Å²) in [5.74, 6) is 0.458. The van der Waals surface area contributed by atoms with Gasteiger partial charge in [-0.15, -0.1) is 0 Å². The molecule has 7 heteroatoms. The smallest absolute Gasteiger partial charge is 0.244 e. The summed E-state index contributed by atoms with van der Waals surface area (Å²) in [5.41, 5.74) is 3.08. The normalized spacial score (nSPS) is 11.0. The van der Waals surface area contributed by atoms with Gasteiger partial charge in [0, 0.05) is 20.7 Å². The van der Waals surface area contributed by atoms with Gasteiger partial charge in [-0.25, -0.2) is 4.98 Å². The van der Waals surface area contributed by atoms with Gasteiger partial charge in [0.15, 0.2) is 0 Å². The second-order valence-corrected chi connectivity index (χ2v) is 7.95. The van der Waals surface area contributed by atoms with Gasteiger partial charge in [0.2, 0.25) is 5.91 Å². The van der Waals surface area contributed by atoms with Crippen LogP contribution < -0.4 is 5.32 Å². The first-order valence-electron chi connectivity index (χ1n) is 8.47. The molecule has 3 aromatic carbocycles. The number of nitrogens with zero attached hydrogens (tertiary/aromatic N) is 2. The Hall–Kier alpha value is -2.34. The number of hydrogen-bond donors (Lipinski definition) is 1. The molecule has 4 aromatic rings. The SMILES string of the molecule is O=C(Cn1c(-c2ccc(Cl)cc2Cl)nc2ccccc21)Nc1cccc(Br)c1. The minimum absolute atomic E-state index is 0.0985. The largest absolute Gasteiger partial charge is 0.324 e. The number of amides is 1. The van der Waals surface area contributed by atoms with Crippen LogP contribution in [0.15, 0.2) is 71.2 Å². The third-order valence-corrected chi connectivity index (χ3v) is 5.28. The molecule has 0 saturated carbocycles. The number of nitrogens with one attached hydrogen (secondary N) is 1. The number of benzene rings is 3. The van der Waals surface area contributed by atoms with Gasteiger partial charge in [0.1, 0.15) is 12.4 Å². The van der Waals surface area contributed by atoms with Crippen LogP contribution in [0.4, 0.5) is 5.69 Å². The van der Waals surface area contributed by atoms with Gasteiger partial charge in [0.05, 0.1) is 16.1 Å². The Morgan fingerprint density at radius 2 is 1.86 bits per heavy atom. The van der Waals surface area contributed by atoms with Gasteiger partial charge >= 0.3 is 0 Å². The Morgan fingerprint density at radius 3 is 2.64 bits per heavy atom. The lowest BCUT2D eigenvalue weighted by Crippen LogP contribution is -2.19. The van der Waals surface area contributed by atoms with Crippen molar-refractivity contribution in [2.75, 3.05) is 5.32 Å². The van der Waals surface area contributed by atoms with Crippen molar-refractivity contribution in [1.29, 1.82) is 0 Å². The Morgan fingerprint density at radius 1 is 1.04 bits per heavy atom. The van der Waals surface area contributed by atoms with E-state index in [1.807, 2.05) is 59.2 Å². The third kappa shape index (κ3) is 3.92. The van der Waals surface area contributed by atoms with Gasteiger partial charge < -0.3 is 9.88 Å². The fourth-order valence-electron chi connectivity index (χ4n) is 3.02. The minimum Gasteiger partial charge on any atom is -0.324 e. The molecule has 0 atom stereocenters. The van der Waals surface area contributed by atoms with Gasteiger partial charge in [0.25, 0.3) is 0 Å². The second kappa shape index (κ2) is 7.95. The molecule has 28 heavy (non-hydrogen) atoms. The molecule has 140 valence electrons. The van der Waals surface area contributed by atoms with Crippen LogP contribution in [0, 0.1) is 0 Å². The molecule has 0 radical (unpaired) electrons. The summed E-state index contributed by atoms with van der Waals surface area (Å²) < 4.78 is 2.75. The average molecular weight is 475 g/mol. The number of imidazole rings is 1. The summed E-state index contributed by atoms with van der Waals surface area (Å²) in [7, 11) is 0. The van der Waals surface area contributed by atoms with Crippen LogP contribution in [0.2, 0.25) is 10.0 Å². The highest BCUT2D eigenvalue weighted by Gasteiger charge is 2.17. The fraction of sp³-hybridized carbons (Fsp3) is 0.0476. The molecular formula is C21H14BrCl2N3O. The molecule has 1 amide bonds. The standard InChI is InChI=1S/C21H14BrCl2N3O/c22-13-4-3-5-15(10-13)25-20(28)12-27-19-7-2-1-6-18(19)26-21(27)16-9-8-14(23)11-17(16)24/h1-11H,12H2,(H,25,28). The summed E-state index contributed by atoms with van der Waals surface area (Å²) in [6, 6.07) is 20.4. The lowest BCUT2D eigenvalue weighted by atomic mass is 10.2. The van der Waals surface area contributed by atoms with Crippen molar-refractivity contribution in [1.82, 2.24) is 9.55 Å². The number of carbonyl (C=O) groups is 1. The summed E-state index contributed by atoms with van der Waals surface area (Å²) in [4.78, 5) is 17.4. The van der Waals surface area contributed by atoms with Crippen LogP contribution in [-0.4, -0.2) is 15.5 Å². The molecule has 4 rings (SSSR count). The van der Waals surface area contributed by atoms with E-state index in [0.717, 1.165) is 26.8 Å². The molecule has 0 unspecified atom stereocenters. The Balaban J connectivity index is 1.74. The number of aromatic nitrogens is 2. The topological polar surface area (TPSA) is 46.9 Å². The lowest BCUT2D eigenvalue weighted by molar-refractivity contribution is -0.116. The number of rotatable bonds is 4. The molecule has 0 aliphatic heterocycles. The third-order valence-electron chi connectivity index (χ3n) is 4.24. The van der Waals surface area contributed by atoms with E-state index in [-0.39, 0.29) is 12.5 Å². The van der Waals surface area contributed by atoms with Crippen molar-refractivity contribution in [3.63, 3.8) is 0 Å². The highest BCUT2D eigenvalue weighted by molar-refractivity contribution is 9.10. The Labute approximate surface area is 180 Å². The van der Waals surface area contributed by atoms with Crippen LogP contribution in [0.5, 0.6) is 0 Å². The maximum atomic E-state index is 12.7. The van der Waals surface area contributed by atoms with Gasteiger partial charge in [-0.3, -0.25) is 4.79 Å². The molecule has 0 fully saturated rings. The van der Waals surface area contributed by atoms with E-state index >= 15 is 0 Å². The quantitative estimate of drug-likeness (QED) is 0.371. The first-order valence-corrected chi connectivity index (χ1v) is 10.0. The fourth-order valence-corrected chi connectivity index (χ4v) is 3.91. The lowest BCUT2D eigenvalue weighted by Gasteiger charge is -2.11. The molecule has 1 aromatic heterocycles. The van der Waals surface area contributed by atoms with Gasteiger partial charge in [-0.2, -0.15) is 0 Å². The molecule has 0 saturated heterocycles. The monoisotopic (exact) mass is 473 g/mol. The first-order chi connectivity index (χ1) is 13.5. The summed E-state index contributed by atoms with van der Waals surface area (Å²) >= 11 is 15.8. The van der Waals surface area contributed by atoms with Crippen LogP contribution in [0.25, 0.3) is 22.4 Å². The van der Waals surface area contributed by atoms with Crippen molar-refractivity contribution in [2.45, 2.75) is 6.54 Å².